The maximum atomic E-state index is 4.19. The Balaban J connectivity index is 1.86. The van der Waals surface area contributed by atoms with Crippen molar-refractivity contribution in [3.05, 3.63) is 21.7 Å². The summed E-state index contributed by atoms with van der Waals surface area (Å²) in [7, 11) is 3.67. The highest BCUT2D eigenvalue weighted by molar-refractivity contribution is 7.11. The Hall–Kier alpha value is -2.03. The Morgan fingerprint density at radius 2 is 1.91 bits per heavy atom. The topological polar surface area (TPSA) is 92.9 Å². The van der Waals surface area contributed by atoms with Gasteiger partial charge >= 0.3 is 0 Å². The number of nitrogens with one attached hydrogen (secondary N) is 2. The first kappa shape index (κ1) is 16.3. The number of nitrogens with zero attached hydrogens (tertiary/aromatic N) is 6. The van der Waals surface area contributed by atoms with Gasteiger partial charge in [-0.1, -0.05) is 25.2 Å². The second-order valence-corrected chi connectivity index (χ2v) is 6.28. The quantitative estimate of drug-likeness (QED) is 0.629. The third-order valence-corrected chi connectivity index (χ3v) is 4.43. The van der Waals surface area contributed by atoms with E-state index < -0.39 is 0 Å². The number of aryl methyl sites for hydroxylation is 1. The Morgan fingerprint density at radius 1 is 1.18 bits per heavy atom. The lowest BCUT2D eigenvalue weighted by Gasteiger charge is -2.10. The normalized spacial score (nSPS) is 12.0. The van der Waals surface area contributed by atoms with E-state index in [4.69, 9.17) is 0 Å². The second kappa shape index (κ2) is 7.30. The SMILES string of the molecule is CN=C(NCc1nnc(C(C)C)s1)NCc1nnc(C)n1C. The van der Waals surface area contributed by atoms with Gasteiger partial charge in [0, 0.05) is 20.0 Å². The van der Waals surface area contributed by atoms with Crippen LogP contribution in [0, 0.1) is 6.92 Å². The zero-order chi connectivity index (χ0) is 16.1. The molecular formula is C13H22N8S. The molecule has 2 N–H and O–H groups in total. The van der Waals surface area contributed by atoms with E-state index in [9.17, 15) is 0 Å². The molecule has 0 atom stereocenters. The molecule has 9 heteroatoms. The van der Waals surface area contributed by atoms with E-state index in [1.165, 1.54) is 0 Å². The maximum absolute atomic E-state index is 4.19. The first-order valence-corrected chi connectivity index (χ1v) is 7.94. The third-order valence-electron chi connectivity index (χ3n) is 3.20. The van der Waals surface area contributed by atoms with Crippen LogP contribution in [-0.2, 0) is 20.1 Å². The fraction of sp³-hybridized carbons (Fsp3) is 0.615. The lowest BCUT2D eigenvalue weighted by atomic mass is 10.2. The number of rotatable bonds is 5. The molecule has 0 aliphatic carbocycles. The fourth-order valence-electron chi connectivity index (χ4n) is 1.72. The highest BCUT2D eigenvalue weighted by Crippen LogP contribution is 2.18. The van der Waals surface area contributed by atoms with Gasteiger partial charge in [-0.3, -0.25) is 4.99 Å². The van der Waals surface area contributed by atoms with E-state index in [0.29, 0.717) is 25.0 Å². The van der Waals surface area contributed by atoms with Gasteiger partial charge in [-0.2, -0.15) is 0 Å². The van der Waals surface area contributed by atoms with Crippen LogP contribution in [0.4, 0.5) is 0 Å². The highest BCUT2D eigenvalue weighted by Gasteiger charge is 2.09. The molecule has 0 aliphatic heterocycles. The summed E-state index contributed by atoms with van der Waals surface area (Å²) in [4.78, 5) is 4.19. The third kappa shape index (κ3) is 4.00. The molecule has 0 unspecified atom stereocenters. The molecule has 0 saturated carbocycles. The summed E-state index contributed by atoms with van der Waals surface area (Å²) in [5.41, 5.74) is 0. The largest absolute Gasteiger partial charge is 0.350 e. The molecule has 2 rings (SSSR count). The average molecular weight is 322 g/mol. The van der Waals surface area contributed by atoms with Crippen molar-refractivity contribution in [2.45, 2.75) is 39.8 Å². The van der Waals surface area contributed by atoms with E-state index in [0.717, 1.165) is 21.7 Å². The van der Waals surface area contributed by atoms with Crippen LogP contribution in [0.1, 0.15) is 41.4 Å². The first-order valence-electron chi connectivity index (χ1n) is 7.13. The van der Waals surface area contributed by atoms with Crippen molar-refractivity contribution in [2.24, 2.45) is 12.0 Å². The molecule has 0 amide bonds. The minimum atomic E-state index is 0.405. The molecule has 0 aliphatic rings. The van der Waals surface area contributed by atoms with Gasteiger partial charge in [0.2, 0.25) is 0 Å². The Morgan fingerprint density at radius 3 is 2.45 bits per heavy atom. The van der Waals surface area contributed by atoms with Crippen LogP contribution in [0.25, 0.3) is 0 Å². The lowest BCUT2D eigenvalue weighted by molar-refractivity contribution is 0.715. The van der Waals surface area contributed by atoms with Crippen LogP contribution in [0.15, 0.2) is 4.99 Å². The van der Waals surface area contributed by atoms with Crippen molar-refractivity contribution < 1.29 is 0 Å². The van der Waals surface area contributed by atoms with Crippen molar-refractivity contribution in [1.82, 2.24) is 35.6 Å². The van der Waals surface area contributed by atoms with Crippen LogP contribution in [-0.4, -0.2) is 38.0 Å². The molecular weight excluding hydrogens is 300 g/mol. The molecule has 2 aromatic rings. The molecule has 2 aromatic heterocycles. The van der Waals surface area contributed by atoms with Crippen LogP contribution >= 0.6 is 11.3 Å². The molecule has 0 spiro atoms. The average Bonchev–Trinajstić information content (AvgIpc) is 3.09. The molecule has 0 radical (unpaired) electrons. The summed E-state index contributed by atoms with van der Waals surface area (Å²) in [6, 6.07) is 0. The molecule has 0 aromatic carbocycles. The molecule has 8 nitrogen and oxygen atoms in total. The molecule has 2 heterocycles. The number of aromatic nitrogens is 5. The van der Waals surface area contributed by atoms with Gasteiger partial charge in [0.05, 0.1) is 13.1 Å². The Bertz CT molecular complexity index is 642. The monoisotopic (exact) mass is 322 g/mol. The minimum absolute atomic E-state index is 0.405. The summed E-state index contributed by atoms with van der Waals surface area (Å²) in [5.74, 6) is 2.85. The van der Waals surface area contributed by atoms with E-state index in [1.807, 2.05) is 18.5 Å². The predicted octanol–water partition coefficient (Wildman–Crippen LogP) is 0.964. The van der Waals surface area contributed by atoms with Gasteiger partial charge in [0.15, 0.2) is 11.8 Å². The van der Waals surface area contributed by atoms with E-state index in [1.54, 1.807) is 18.4 Å². The summed E-state index contributed by atoms with van der Waals surface area (Å²) < 4.78 is 1.94. The molecule has 22 heavy (non-hydrogen) atoms. The van der Waals surface area contributed by atoms with Gasteiger partial charge in [-0.25, -0.2) is 0 Å². The van der Waals surface area contributed by atoms with E-state index in [2.05, 4.69) is 49.9 Å². The zero-order valence-electron chi connectivity index (χ0n) is 13.6. The summed E-state index contributed by atoms with van der Waals surface area (Å²) in [6.45, 7) is 7.31. The van der Waals surface area contributed by atoms with Crippen molar-refractivity contribution >= 4 is 17.3 Å². The summed E-state index contributed by atoms with van der Waals surface area (Å²) in [5, 5.41) is 24.9. The number of hydrogen-bond donors (Lipinski definition) is 2. The number of hydrogen-bond acceptors (Lipinski definition) is 6. The van der Waals surface area contributed by atoms with Crippen LogP contribution in [0.5, 0.6) is 0 Å². The highest BCUT2D eigenvalue weighted by atomic mass is 32.1. The predicted molar refractivity (Wildman–Crippen MR) is 86.8 cm³/mol. The van der Waals surface area contributed by atoms with Crippen LogP contribution in [0.2, 0.25) is 0 Å². The fourth-order valence-corrected chi connectivity index (χ4v) is 2.50. The smallest absolute Gasteiger partial charge is 0.191 e. The van der Waals surface area contributed by atoms with Crippen molar-refractivity contribution in [3.63, 3.8) is 0 Å². The zero-order valence-corrected chi connectivity index (χ0v) is 14.4. The number of aliphatic imine (C=N–C) groups is 1. The molecule has 0 saturated heterocycles. The minimum Gasteiger partial charge on any atom is -0.350 e. The van der Waals surface area contributed by atoms with E-state index >= 15 is 0 Å². The van der Waals surface area contributed by atoms with Crippen molar-refractivity contribution in [3.8, 4) is 0 Å². The second-order valence-electron chi connectivity index (χ2n) is 5.19. The van der Waals surface area contributed by atoms with E-state index in [-0.39, 0.29) is 0 Å². The van der Waals surface area contributed by atoms with Crippen molar-refractivity contribution in [2.75, 3.05) is 7.05 Å². The molecule has 120 valence electrons. The number of guanidine groups is 1. The Kier molecular flexibility index (Phi) is 5.42. The van der Waals surface area contributed by atoms with Gasteiger partial charge in [-0.15, -0.1) is 20.4 Å². The van der Waals surface area contributed by atoms with Crippen LogP contribution < -0.4 is 10.6 Å². The van der Waals surface area contributed by atoms with Gasteiger partial charge < -0.3 is 15.2 Å². The molecule has 0 bridgehead atoms. The Labute approximate surface area is 134 Å². The van der Waals surface area contributed by atoms with Crippen LogP contribution in [0.3, 0.4) is 0 Å². The van der Waals surface area contributed by atoms with Gasteiger partial charge in [0.1, 0.15) is 15.8 Å². The van der Waals surface area contributed by atoms with Crippen molar-refractivity contribution in [1.29, 1.82) is 0 Å². The summed E-state index contributed by atoms with van der Waals surface area (Å²) in [6.07, 6.45) is 0. The first-order chi connectivity index (χ1) is 10.5. The summed E-state index contributed by atoms with van der Waals surface area (Å²) >= 11 is 1.62. The van der Waals surface area contributed by atoms with Gasteiger partial charge in [0.25, 0.3) is 0 Å². The van der Waals surface area contributed by atoms with Gasteiger partial charge in [-0.05, 0) is 6.92 Å². The standard InChI is InChI=1S/C13H22N8S/c1-8(2)12-20-19-11(22-12)7-16-13(14-4)15-6-10-18-17-9(3)21(10)5/h8H,6-7H2,1-5H3,(H2,14,15,16). The maximum Gasteiger partial charge on any atom is 0.191 e. The molecule has 0 fully saturated rings. The lowest BCUT2D eigenvalue weighted by Crippen LogP contribution is -2.36.